The van der Waals surface area contributed by atoms with Crippen LogP contribution < -0.4 is 15.5 Å². The molecule has 3 aromatic carbocycles. The smallest absolute Gasteiger partial charge is 0.276 e. The molecule has 0 fully saturated rings. The molecule has 0 saturated heterocycles. The second-order valence-corrected chi connectivity index (χ2v) is 7.54. The predicted molar refractivity (Wildman–Crippen MR) is 123 cm³/mol. The minimum atomic E-state index is -0.763. The van der Waals surface area contributed by atoms with Crippen LogP contribution in [0.4, 0.5) is 8.78 Å². The second kappa shape index (κ2) is 10.1. The minimum Gasteiger partial charge on any atom is -0.488 e. The number of amides is 1. The van der Waals surface area contributed by atoms with Crippen LogP contribution >= 0.6 is 0 Å². The molecule has 0 aliphatic rings. The molecule has 1 aromatic heterocycles. The van der Waals surface area contributed by atoms with E-state index in [9.17, 15) is 18.4 Å². The summed E-state index contributed by atoms with van der Waals surface area (Å²) in [5, 5.41) is 6.87. The van der Waals surface area contributed by atoms with E-state index in [-0.39, 0.29) is 18.0 Å². The summed E-state index contributed by atoms with van der Waals surface area (Å²) in [5.74, 6) is -1.81. The van der Waals surface area contributed by atoms with E-state index in [4.69, 9.17) is 4.74 Å². The number of hydrogen-bond acceptors (Lipinski definition) is 4. The highest BCUT2D eigenvalue weighted by Crippen LogP contribution is 2.20. The maximum Gasteiger partial charge on any atom is 0.276 e. The van der Waals surface area contributed by atoms with Gasteiger partial charge in [0.15, 0.2) is 17.3 Å². The molecule has 0 aliphatic carbocycles. The fourth-order valence-electron chi connectivity index (χ4n) is 3.44. The van der Waals surface area contributed by atoms with Gasteiger partial charge in [0.2, 0.25) is 5.43 Å². The number of carbonyl (C=O) groups excluding carboxylic acids is 1. The maximum atomic E-state index is 14.3. The van der Waals surface area contributed by atoms with E-state index in [0.717, 1.165) is 0 Å². The zero-order valence-electron chi connectivity index (χ0n) is 18.2. The van der Waals surface area contributed by atoms with Crippen molar-refractivity contribution >= 4 is 5.91 Å². The normalized spacial score (nSPS) is 11.6. The van der Waals surface area contributed by atoms with Crippen LogP contribution in [-0.4, -0.2) is 22.3 Å². The Kier molecular flexibility index (Phi) is 6.77. The number of carbonyl (C=O) groups is 1. The van der Waals surface area contributed by atoms with Crippen LogP contribution in [-0.2, 0) is 0 Å². The number of rotatable bonds is 7. The van der Waals surface area contributed by atoms with Crippen LogP contribution in [0.1, 0.15) is 27.8 Å². The van der Waals surface area contributed by atoms with E-state index in [1.54, 1.807) is 49.4 Å². The minimum absolute atomic E-state index is 0.0352. The van der Waals surface area contributed by atoms with Gasteiger partial charge < -0.3 is 10.1 Å². The van der Waals surface area contributed by atoms with Crippen LogP contribution in [0.2, 0.25) is 0 Å². The van der Waals surface area contributed by atoms with Crippen LogP contribution in [0.15, 0.2) is 89.7 Å². The first kappa shape index (κ1) is 22.8. The topological polar surface area (TPSA) is 73.2 Å². The Balaban J connectivity index is 1.64. The molecule has 0 spiro atoms. The summed E-state index contributed by atoms with van der Waals surface area (Å²) in [5.41, 5.74) is 0.157. The summed E-state index contributed by atoms with van der Waals surface area (Å²) >= 11 is 0. The van der Waals surface area contributed by atoms with Crippen LogP contribution in [0.5, 0.6) is 5.75 Å². The Hall–Kier alpha value is -4.33. The summed E-state index contributed by atoms with van der Waals surface area (Å²) in [6.45, 7) is 1.50. The lowest BCUT2D eigenvalue weighted by Crippen LogP contribution is -2.37. The molecule has 1 N–H and O–H groups in total. The monoisotopic (exact) mass is 461 g/mol. The Labute approximate surface area is 194 Å². The molecular formula is C26H21F2N3O3. The van der Waals surface area contributed by atoms with Gasteiger partial charge in [-0.25, -0.2) is 13.5 Å². The highest BCUT2D eigenvalue weighted by Gasteiger charge is 2.22. The van der Waals surface area contributed by atoms with Crippen molar-refractivity contribution in [2.45, 2.75) is 13.0 Å². The van der Waals surface area contributed by atoms with E-state index in [1.165, 1.54) is 41.1 Å². The largest absolute Gasteiger partial charge is 0.488 e. The average molecular weight is 461 g/mol. The molecule has 1 unspecified atom stereocenters. The van der Waals surface area contributed by atoms with Crippen molar-refractivity contribution in [2.24, 2.45) is 0 Å². The zero-order valence-corrected chi connectivity index (χ0v) is 18.2. The molecule has 6 nitrogen and oxygen atoms in total. The van der Waals surface area contributed by atoms with E-state index in [1.807, 2.05) is 6.07 Å². The van der Waals surface area contributed by atoms with Crippen molar-refractivity contribution in [1.82, 2.24) is 15.1 Å². The first-order valence-corrected chi connectivity index (χ1v) is 10.5. The molecule has 0 bridgehead atoms. The van der Waals surface area contributed by atoms with Crippen molar-refractivity contribution < 1.29 is 18.3 Å². The molecule has 8 heteroatoms. The fraction of sp³-hybridized carbons (Fsp3) is 0.115. The Morgan fingerprint density at radius 2 is 1.62 bits per heavy atom. The lowest BCUT2D eigenvalue weighted by Gasteiger charge is -2.20. The van der Waals surface area contributed by atoms with Gasteiger partial charge in [0.1, 0.15) is 18.1 Å². The van der Waals surface area contributed by atoms with Gasteiger partial charge in [-0.3, -0.25) is 9.59 Å². The van der Waals surface area contributed by atoms with Crippen LogP contribution in [0.25, 0.3) is 5.69 Å². The van der Waals surface area contributed by atoms with Gasteiger partial charge in [0, 0.05) is 11.8 Å². The molecule has 1 atom stereocenters. The third-order valence-electron chi connectivity index (χ3n) is 5.15. The molecule has 172 valence electrons. The van der Waals surface area contributed by atoms with E-state index < -0.39 is 34.7 Å². The van der Waals surface area contributed by atoms with Gasteiger partial charge in [-0.2, -0.15) is 5.10 Å². The van der Waals surface area contributed by atoms with Crippen molar-refractivity contribution in [3.63, 3.8) is 0 Å². The highest BCUT2D eigenvalue weighted by molar-refractivity contribution is 5.92. The number of aryl methyl sites for hydroxylation is 1. The lowest BCUT2D eigenvalue weighted by molar-refractivity contribution is 0.0912. The number of aromatic nitrogens is 2. The fourth-order valence-corrected chi connectivity index (χ4v) is 3.44. The van der Waals surface area contributed by atoms with Crippen LogP contribution in [0, 0.1) is 18.6 Å². The highest BCUT2D eigenvalue weighted by atomic mass is 19.1. The first-order valence-electron chi connectivity index (χ1n) is 10.5. The van der Waals surface area contributed by atoms with Gasteiger partial charge in [0.05, 0.1) is 6.04 Å². The molecule has 1 heterocycles. The molecule has 0 saturated carbocycles. The number of nitrogens with one attached hydrogen (secondary N) is 1. The van der Waals surface area contributed by atoms with Gasteiger partial charge in [0.25, 0.3) is 5.91 Å². The number of benzene rings is 3. The standard InChI is InChI=1S/C26H21F2N3O3/c1-17-15-23(32)25(30-31(17)22-13-7-5-11-19(22)27)26(33)29-21(18-9-3-2-4-10-18)16-34-24-14-8-6-12-20(24)28/h2-15,21H,16H2,1H3,(H,29,33). The summed E-state index contributed by atoms with van der Waals surface area (Å²) in [4.78, 5) is 25.7. The predicted octanol–water partition coefficient (Wildman–Crippen LogP) is 4.37. The summed E-state index contributed by atoms with van der Waals surface area (Å²) in [6, 6.07) is 21.3. The Bertz CT molecular complexity index is 1370. The van der Waals surface area contributed by atoms with E-state index in [0.29, 0.717) is 11.3 Å². The number of halogens is 2. The molecule has 1 amide bonds. The molecular weight excluding hydrogens is 440 g/mol. The van der Waals surface area contributed by atoms with Crippen molar-refractivity contribution in [2.75, 3.05) is 6.61 Å². The van der Waals surface area contributed by atoms with Crippen molar-refractivity contribution in [1.29, 1.82) is 0 Å². The van der Waals surface area contributed by atoms with Crippen molar-refractivity contribution in [3.8, 4) is 11.4 Å². The first-order chi connectivity index (χ1) is 16.4. The van der Waals surface area contributed by atoms with Gasteiger partial charge in [-0.1, -0.05) is 54.6 Å². The Morgan fingerprint density at radius 1 is 0.971 bits per heavy atom. The molecule has 0 radical (unpaired) electrons. The Morgan fingerprint density at radius 3 is 2.32 bits per heavy atom. The van der Waals surface area contributed by atoms with Gasteiger partial charge in [-0.15, -0.1) is 0 Å². The third kappa shape index (κ3) is 5.01. The number of para-hydroxylation sites is 2. The quantitative estimate of drug-likeness (QED) is 0.444. The average Bonchev–Trinajstić information content (AvgIpc) is 2.84. The summed E-state index contributed by atoms with van der Waals surface area (Å²) < 4.78 is 35.1. The number of ether oxygens (including phenoxy) is 1. The second-order valence-electron chi connectivity index (χ2n) is 7.54. The summed E-state index contributed by atoms with van der Waals surface area (Å²) in [7, 11) is 0. The molecule has 34 heavy (non-hydrogen) atoms. The SMILES string of the molecule is Cc1cc(=O)c(C(=O)NC(COc2ccccc2F)c2ccccc2)nn1-c1ccccc1F. The molecule has 4 aromatic rings. The molecule has 4 rings (SSSR count). The maximum absolute atomic E-state index is 14.3. The lowest BCUT2D eigenvalue weighted by atomic mass is 10.1. The van der Waals surface area contributed by atoms with E-state index >= 15 is 0 Å². The number of nitrogens with zero attached hydrogens (tertiary/aromatic N) is 2. The third-order valence-corrected chi connectivity index (χ3v) is 5.15. The van der Waals surface area contributed by atoms with Gasteiger partial charge in [-0.05, 0) is 36.8 Å². The number of hydrogen-bond donors (Lipinski definition) is 1. The van der Waals surface area contributed by atoms with E-state index in [2.05, 4.69) is 10.4 Å². The van der Waals surface area contributed by atoms with Gasteiger partial charge >= 0.3 is 0 Å². The summed E-state index contributed by atoms with van der Waals surface area (Å²) in [6.07, 6.45) is 0. The molecule has 0 aliphatic heterocycles. The van der Waals surface area contributed by atoms with Crippen molar-refractivity contribution in [3.05, 3.63) is 124 Å². The zero-order chi connectivity index (χ0) is 24.1. The van der Waals surface area contributed by atoms with Crippen LogP contribution in [0.3, 0.4) is 0 Å².